The molecule has 2 aromatic rings. The highest BCUT2D eigenvalue weighted by Gasteiger charge is 2.26. The molecule has 0 saturated carbocycles. The number of benzene rings is 1. The molecule has 0 unspecified atom stereocenters. The van der Waals surface area contributed by atoms with Crippen molar-refractivity contribution in [2.75, 3.05) is 13.2 Å². The molecule has 0 aliphatic rings. The van der Waals surface area contributed by atoms with Crippen molar-refractivity contribution in [3.05, 3.63) is 40.9 Å². The molecule has 0 aliphatic carbocycles. The Bertz CT molecular complexity index is 720. The molecule has 2 rings (SSSR count). The molecular weight excluding hydrogens is 337 g/mol. The normalized spacial score (nSPS) is 11.6. The number of carboxylic acid groups (broad SMARTS) is 1. The minimum atomic E-state index is -3.22. The lowest BCUT2D eigenvalue weighted by atomic mass is 10.1. The summed E-state index contributed by atoms with van der Waals surface area (Å²) < 4.78 is 23.0. The molecule has 1 aromatic heterocycles. The first kappa shape index (κ1) is 17.8. The molecule has 0 radical (unpaired) electrons. The van der Waals surface area contributed by atoms with Gasteiger partial charge in [0.25, 0.3) is 0 Å². The molecule has 0 atom stereocenters. The fourth-order valence-corrected chi connectivity index (χ4v) is 4.66. The van der Waals surface area contributed by atoms with Crippen molar-refractivity contribution < 1.29 is 23.5 Å². The summed E-state index contributed by atoms with van der Waals surface area (Å²) in [6, 6.07) is 6.66. The van der Waals surface area contributed by atoms with E-state index in [1.54, 1.807) is 37.4 Å². The van der Waals surface area contributed by atoms with E-state index < -0.39 is 13.6 Å². The maximum atomic E-state index is 12.5. The van der Waals surface area contributed by atoms with Crippen LogP contribution in [0.1, 0.15) is 29.9 Å². The molecule has 0 fully saturated rings. The van der Waals surface area contributed by atoms with Crippen molar-refractivity contribution in [1.29, 1.82) is 0 Å². The van der Waals surface area contributed by atoms with E-state index in [0.717, 1.165) is 0 Å². The zero-order chi connectivity index (χ0) is 16.9. The zero-order valence-electron chi connectivity index (χ0n) is 12.9. The first-order valence-electron chi connectivity index (χ1n) is 7.14. The Morgan fingerprint density at radius 3 is 2.52 bits per heavy atom. The van der Waals surface area contributed by atoms with E-state index in [-0.39, 0.29) is 24.9 Å². The molecule has 0 aliphatic heterocycles. The number of hydrogen-bond acceptors (Lipinski definition) is 6. The average Bonchev–Trinajstić information content (AvgIpc) is 2.95. The van der Waals surface area contributed by atoms with E-state index in [9.17, 15) is 14.5 Å². The highest BCUT2D eigenvalue weighted by molar-refractivity contribution is 7.53. The van der Waals surface area contributed by atoms with Crippen LogP contribution in [-0.4, -0.2) is 29.3 Å². The lowest BCUT2D eigenvalue weighted by Gasteiger charge is -2.15. The highest BCUT2D eigenvalue weighted by Crippen LogP contribution is 2.51. The largest absolute Gasteiger partial charge is 0.478 e. The van der Waals surface area contributed by atoms with Crippen molar-refractivity contribution in [2.45, 2.75) is 20.0 Å². The number of aromatic nitrogens is 1. The van der Waals surface area contributed by atoms with Crippen molar-refractivity contribution in [3.8, 4) is 10.6 Å². The minimum Gasteiger partial charge on any atom is -0.478 e. The number of hydrogen-bond donors (Lipinski definition) is 1. The van der Waals surface area contributed by atoms with Gasteiger partial charge in [-0.3, -0.25) is 4.57 Å². The van der Waals surface area contributed by atoms with Gasteiger partial charge in [0, 0.05) is 10.9 Å². The zero-order valence-corrected chi connectivity index (χ0v) is 14.6. The van der Waals surface area contributed by atoms with Crippen LogP contribution in [0.5, 0.6) is 0 Å². The fourth-order valence-electron chi connectivity index (χ4n) is 2.08. The smallest absolute Gasteiger partial charge is 0.336 e. The van der Waals surface area contributed by atoms with Gasteiger partial charge in [-0.1, -0.05) is 18.2 Å². The van der Waals surface area contributed by atoms with Gasteiger partial charge in [-0.25, -0.2) is 9.78 Å². The molecule has 1 heterocycles. The Hall–Kier alpha value is -1.53. The molecular formula is C15H18NO5PS. The van der Waals surface area contributed by atoms with Crippen LogP contribution in [-0.2, 0) is 19.8 Å². The van der Waals surface area contributed by atoms with Crippen molar-refractivity contribution in [3.63, 3.8) is 0 Å². The summed E-state index contributed by atoms with van der Waals surface area (Å²) in [5.41, 5.74) is 1.29. The van der Waals surface area contributed by atoms with Gasteiger partial charge < -0.3 is 14.2 Å². The van der Waals surface area contributed by atoms with Crippen LogP contribution in [0.3, 0.4) is 0 Å². The molecule has 23 heavy (non-hydrogen) atoms. The van der Waals surface area contributed by atoms with E-state index in [0.29, 0.717) is 16.3 Å². The van der Waals surface area contributed by atoms with Crippen molar-refractivity contribution in [1.82, 2.24) is 4.98 Å². The quantitative estimate of drug-likeness (QED) is 0.712. The van der Waals surface area contributed by atoms with Crippen LogP contribution in [0, 0.1) is 0 Å². The van der Waals surface area contributed by atoms with Crippen LogP contribution in [0.15, 0.2) is 29.6 Å². The van der Waals surface area contributed by atoms with Gasteiger partial charge in [0.2, 0.25) is 0 Å². The van der Waals surface area contributed by atoms with Gasteiger partial charge in [-0.05, 0) is 19.9 Å². The van der Waals surface area contributed by atoms with Gasteiger partial charge >= 0.3 is 13.6 Å². The summed E-state index contributed by atoms with van der Waals surface area (Å²) in [6.07, 6.45) is 0.0699. The molecule has 0 amide bonds. The summed E-state index contributed by atoms with van der Waals surface area (Å²) in [5.74, 6) is -1.01. The van der Waals surface area contributed by atoms with Gasteiger partial charge in [-0.2, -0.15) is 0 Å². The monoisotopic (exact) mass is 355 g/mol. The summed E-state index contributed by atoms with van der Waals surface area (Å²) in [5, 5.41) is 11.6. The molecule has 0 saturated heterocycles. The van der Waals surface area contributed by atoms with Crippen LogP contribution in [0.2, 0.25) is 0 Å². The highest BCUT2D eigenvalue weighted by atomic mass is 32.1. The topological polar surface area (TPSA) is 85.7 Å². The van der Waals surface area contributed by atoms with E-state index in [4.69, 9.17) is 9.05 Å². The first-order valence-corrected chi connectivity index (χ1v) is 9.75. The Kier molecular flexibility index (Phi) is 6.07. The van der Waals surface area contributed by atoms with E-state index in [1.165, 1.54) is 17.4 Å². The summed E-state index contributed by atoms with van der Waals surface area (Å²) in [4.78, 5) is 15.7. The fraction of sp³-hybridized carbons (Fsp3) is 0.333. The third-order valence-electron chi connectivity index (χ3n) is 2.95. The second-order valence-corrected chi connectivity index (χ2v) is 7.51. The van der Waals surface area contributed by atoms with Crippen LogP contribution >= 0.6 is 18.9 Å². The SMILES string of the molecule is CCOP(=O)(Cc1csc(-c2ccccc2C(=O)O)n1)OCC. The predicted octanol–water partition coefficient (Wildman–Crippen LogP) is 4.27. The first-order chi connectivity index (χ1) is 11.0. The molecule has 0 bridgehead atoms. The Morgan fingerprint density at radius 1 is 1.26 bits per heavy atom. The molecule has 0 spiro atoms. The second kappa shape index (κ2) is 7.84. The number of rotatable bonds is 8. The van der Waals surface area contributed by atoms with Crippen LogP contribution < -0.4 is 0 Å². The Morgan fingerprint density at radius 2 is 1.91 bits per heavy atom. The molecule has 1 aromatic carbocycles. The number of thiazole rings is 1. The summed E-state index contributed by atoms with van der Waals surface area (Å²) in [6.45, 7) is 4.08. The standard InChI is InChI=1S/C15H18NO5PS/c1-3-20-22(19,21-4-2)9-11-10-23-14(16-11)12-7-5-6-8-13(12)15(17)18/h5-8,10H,3-4,9H2,1-2H3,(H,17,18). The van der Waals surface area contributed by atoms with Gasteiger partial charge in [-0.15, -0.1) is 11.3 Å². The number of carboxylic acids is 1. The van der Waals surface area contributed by atoms with Crippen LogP contribution in [0.25, 0.3) is 10.6 Å². The molecule has 8 heteroatoms. The minimum absolute atomic E-state index is 0.0699. The molecule has 124 valence electrons. The summed E-state index contributed by atoms with van der Waals surface area (Å²) >= 11 is 1.30. The number of nitrogens with zero attached hydrogens (tertiary/aromatic N) is 1. The Balaban J connectivity index is 2.28. The summed E-state index contributed by atoms with van der Waals surface area (Å²) in [7, 11) is -3.22. The van der Waals surface area contributed by atoms with Gasteiger partial charge in [0.15, 0.2) is 0 Å². The van der Waals surface area contributed by atoms with Crippen molar-refractivity contribution in [2.24, 2.45) is 0 Å². The van der Waals surface area contributed by atoms with Crippen molar-refractivity contribution >= 4 is 24.9 Å². The maximum Gasteiger partial charge on any atom is 0.336 e. The number of carbonyl (C=O) groups is 1. The van der Waals surface area contributed by atoms with E-state index in [2.05, 4.69) is 4.98 Å². The van der Waals surface area contributed by atoms with E-state index in [1.807, 2.05) is 0 Å². The second-order valence-electron chi connectivity index (χ2n) is 4.60. The Labute approximate surface area is 138 Å². The van der Waals surface area contributed by atoms with E-state index >= 15 is 0 Å². The molecule has 6 nitrogen and oxygen atoms in total. The average molecular weight is 355 g/mol. The van der Waals surface area contributed by atoms with Crippen LogP contribution in [0.4, 0.5) is 0 Å². The number of aromatic carboxylic acids is 1. The molecule has 1 N–H and O–H groups in total. The third kappa shape index (κ3) is 4.48. The predicted molar refractivity (Wildman–Crippen MR) is 89.1 cm³/mol. The van der Waals surface area contributed by atoms with Gasteiger partial charge in [0.05, 0.1) is 30.6 Å². The lowest BCUT2D eigenvalue weighted by molar-refractivity contribution is 0.0697. The maximum absolute atomic E-state index is 12.5. The van der Waals surface area contributed by atoms with Gasteiger partial charge in [0.1, 0.15) is 5.01 Å². The third-order valence-corrected chi connectivity index (χ3v) is 5.89. The lowest BCUT2D eigenvalue weighted by Crippen LogP contribution is -2.00.